The second-order valence-corrected chi connectivity index (χ2v) is 6.26. The van der Waals surface area contributed by atoms with Crippen molar-refractivity contribution in [3.8, 4) is 11.8 Å². The third-order valence-corrected chi connectivity index (χ3v) is 4.53. The lowest BCUT2D eigenvalue weighted by Gasteiger charge is -2.23. The molecule has 1 atom stereocenters. The van der Waals surface area contributed by atoms with Crippen LogP contribution in [0.15, 0.2) is 54.7 Å². The summed E-state index contributed by atoms with van der Waals surface area (Å²) >= 11 is 0. The second-order valence-electron chi connectivity index (χ2n) is 6.26. The first-order chi connectivity index (χ1) is 13.3. The van der Waals surface area contributed by atoms with Gasteiger partial charge in [0, 0.05) is 12.2 Å². The summed E-state index contributed by atoms with van der Waals surface area (Å²) in [6.07, 6.45) is 1.65. The molecular formula is C20H19N5O2. The molecule has 0 bridgehead atoms. The lowest BCUT2D eigenvalue weighted by atomic mass is 10.1. The Morgan fingerprint density at radius 1 is 1.19 bits per heavy atom. The molecular weight excluding hydrogens is 342 g/mol. The van der Waals surface area contributed by atoms with Crippen LogP contribution in [0.1, 0.15) is 23.0 Å². The van der Waals surface area contributed by atoms with E-state index >= 15 is 0 Å². The van der Waals surface area contributed by atoms with E-state index in [0.717, 1.165) is 29.2 Å². The van der Waals surface area contributed by atoms with Gasteiger partial charge in [-0.3, -0.25) is 0 Å². The van der Waals surface area contributed by atoms with Crippen LogP contribution in [0.4, 0.5) is 5.69 Å². The maximum Gasteiger partial charge on any atom is 0.177 e. The number of nitriles is 1. The first-order valence-corrected chi connectivity index (χ1v) is 8.68. The average molecular weight is 361 g/mol. The molecule has 0 N–H and O–H groups in total. The molecule has 7 heteroatoms. The van der Waals surface area contributed by atoms with Crippen molar-refractivity contribution in [3.05, 3.63) is 71.5 Å². The van der Waals surface area contributed by atoms with E-state index in [1.807, 2.05) is 42.6 Å². The minimum absolute atomic E-state index is 0.256. The smallest absolute Gasteiger partial charge is 0.177 e. The fourth-order valence-electron chi connectivity index (χ4n) is 3.13. The van der Waals surface area contributed by atoms with Gasteiger partial charge < -0.3 is 14.4 Å². The van der Waals surface area contributed by atoms with Gasteiger partial charge in [0.15, 0.2) is 6.23 Å². The van der Waals surface area contributed by atoms with E-state index in [9.17, 15) is 0 Å². The number of methoxy groups -OCH3 is 1. The number of benzene rings is 2. The predicted molar refractivity (Wildman–Crippen MR) is 99.3 cm³/mol. The molecule has 4 rings (SSSR count). The van der Waals surface area contributed by atoms with Gasteiger partial charge in [-0.05, 0) is 42.0 Å². The molecule has 1 aliphatic rings. The highest BCUT2D eigenvalue weighted by Crippen LogP contribution is 2.31. The Hall–Kier alpha value is -3.37. The number of ether oxygens (including phenoxy) is 2. The summed E-state index contributed by atoms with van der Waals surface area (Å²) in [5.41, 5.74) is 3.54. The van der Waals surface area contributed by atoms with Gasteiger partial charge in [0.25, 0.3) is 0 Å². The monoisotopic (exact) mass is 361 g/mol. The van der Waals surface area contributed by atoms with Crippen LogP contribution in [0.3, 0.4) is 0 Å². The molecule has 0 radical (unpaired) electrons. The molecule has 2 aromatic carbocycles. The summed E-state index contributed by atoms with van der Waals surface area (Å²) in [6.45, 7) is 2.02. The zero-order chi connectivity index (χ0) is 18.6. The van der Waals surface area contributed by atoms with Gasteiger partial charge >= 0.3 is 0 Å². The minimum Gasteiger partial charge on any atom is -0.497 e. The highest BCUT2D eigenvalue weighted by Gasteiger charge is 2.29. The number of hydrogen-bond donors (Lipinski definition) is 0. The van der Waals surface area contributed by atoms with Gasteiger partial charge in [-0.1, -0.05) is 17.3 Å². The SMILES string of the molecule is COc1ccc(N2CCOC2c2cn(Cc3ccc(C#N)cc3)nn2)cc1. The summed E-state index contributed by atoms with van der Waals surface area (Å²) < 4.78 is 12.9. The van der Waals surface area contributed by atoms with Crippen LogP contribution in [0, 0.1) is 11.3 Å². The van der Waals surface area contributed by atoms with Crippen LogP contribution in [-0.4, -0.2) is 35.3 Å². The van der Waals surface area contributed by atoms with E-state index < -0.39 is 0 Å². The molecule has 7 nitrogen and oxygen atoms in total. The van der Waals surface area contributed by atoms with Crippen molar-refractivity contribution in [2.75, 3.05) is 25.2 Å². The predicted octanol–water partition coefficient (Wildman–Crippen LogP) is 2.74. The van der Waals surface area contributed by atoms with E-state index in [1.165, 1.54) is 0 Å². The maximum absolute atomic E-state index is 8.89. The Balaban J connectivity index is 1.50. The quantitative estimate of drug-likeness (QED) is 0.695. The van der Waals surface area contributed by atoms with Crippen molar-refractivity contribution >= 4 is 5.69 Å². The third kappa shape index (κ3) is 3.61. The number of hydrogen-bond acceptors (Lipinski definition) is 6. The number of nitrogens with zero attached hydrogens (tertiary/aromatic N) is 5. The van der Waals surface area contributed by atoms with Crippen LogP contribution in [0.5, 0.6) is 5.75 Å². The summed E-state index contributed by atoms with van der Waals surface area (Å²) in [4.78, 5) is 2.16. The van der Waals surface area contributed by atoms with Crippen LogP contribution < -0.4 is 9.64 Å². The summed E-state index contributed by atoms with van der Waals surface area (Å²) in [6, 6.07) is 17.5. The van der Waals surface area contributed by atoms with Crippen LogP contribution >= 0.6 is 0 Å². The van der Waals surface area contributed by atoms with Crippen LogP contribution in [0.25, 0.3) is 0 Å². The van der Waals surface area contributed by atoms with E-state index in [0.29, 0.717) is 18.7 Å². The first-order valence-electron chi connectivity index (χ1n) is 8.68. The Labute approximate surface area is 157 Å². The third-order valence-electron chi connectivity index (χ3n) is 4.53. The highest BCUT2D eigenvalue weighted by molar-refractivity contribution is 5.50. The Morgan fingerprint density at radius 2 is 1.96 bits per heavy atom. The molecule has 1 aliphatic heterocycles. The molecule has 1 aromatic heterocycles. The maximum atomic E-state index is 8.89. The van der Waals surface area contributed by atoms with Crippen molar-refractivity contribution < 1.29 is 9.47 Å². The van der Waals surface area contributed by atoms with Crippen molar-refractivity contribution in [2.45, 2.75) is 12.8 Å². The molecule has 0 aliphatic carbocycles. The minimum atomic E-state index is -0.256. The Bertz CT molecular complexity index is 944. The van der Waals surface area contributed by atoms with Crippen molar-refractivity contribution in [2.24, 2.45) is 0 Å². The van der Waals surface area contributed by atoms with Crippen molar-refractivity contribution in [1.29, 1.82) is 5.26 Å². The van der Waals surface area contributed by atoms with Gasteiger partial charge in [-0.15, -0.1) is 5.10 Å². The molecule has 3 aromatic rings. The largest absolute Gasteiger partial charge is 0.497 e. The normalized spacial score (nSPS) is 16.3. The molecule has 0 saturated carbocycles. The van der Waals surface area contributed by atoms with Crippen LogP contribution in [0.2, 0.25) is 0 Å². The van der Waals surface area contributed by atoms with Crippen molar-refractivity contribution in [1.82, 2.24) is 15.0 Å². The lowest BCUT2D eigenvalue weighted by molar-refractivity contribution is 0.110. The molecule has 2 heterocycles. The number of aromatic nitrogens is 3. The first kappa shape index (κ1) is 17.1. The zero-order valence-corrected chi connectivity index (χ0v) is 14.9. The van der Waals surface area contributed by atoms with E-state index in [2.05, 4.69) is 21.3 Å². The summed E-state index contributed by atoms with van der Waals surface area (Å²) in [5.74, 6) is 0.823. The van der Waals surface area contributed by atoms with E-state index in [-0.39, 0.29) is 6.23 Å². The van der Waals surface area contributed by atoms with Gasteiger partial charge in [-0.25, -0.2) is 4.68 Å². The molecule has 136 valence electrons. The Kier molecular flexibility index (Phi) is 4.73. The molecule has 1 unspecified atom stereocenters. The van der Waals surface area contributed by atoms with Gasteiger partial charge in [-0.2, -0.15) is 5.26 Å². The molecule has 1 fully saturated rings. The second kappa shape index (κ2) is 7.48. The molecule has 1 saturated heterocycles. The zero-order valence-electron chi connectivity index (χ0n) is 14.9. The number of rotatable bonds is 5. The van der Waals surface area contributed by atoms with E-state index in [1.54, 1.807) is 23.9 Å². The molecule has 27 heavy (non-hydrogen) atoms. The standard InChI is InChI=1S/C20H19N5O2/c1-26-18-8-6-17(7-9-18)25-10-11-27-20(25)19-14-24(23-22-19)13-16-4-2-15(12-21)3-5-16/h2-9,14,20H,10-11,13H2,1H3. The average Bonchev–Trinajstić information content (AvgIpc) is 3.38. The fourth-order valence-corrected chi connectivity index (χ4v) is 3.13. The van der Waals surface area contributed by atoms with Gasteiger partial charge in [0.1, 0.15) is 11.4 Å². The summed E-state index contributed by atoms with van der Waals surface area (Å²) in [5, 5.41) is 17.4. The number of anilines is 1. The highest BCUT2D eigenvalue weighted by atomic mass is 16.5. The molecule has 0 amide bonds. The fraction of sp³-hybridized carbons (Fsp3) is 0.250. The van der Waals surface area contributed by atoms with Gasteiger partial charge in [0.05, 0.1) is 38.1 Å². The van der Waals surface area contributed by atoms with E-state index in [4.69, 9.17) is 14.7 Å². The van der Waals surface area contributed by atoms with Crippen LogP contribution in [-0.2, 0) is 11.3 Å². The Morgan fingerprint density at radius 3 is 2.67 bits per heavy atom. The van der Waals surface area contributed by atoms with Gasteiger partial charge in [0.2, 0.25) is 0 Å². The topological polar surface area (TPSA) is 76.2 Å². The lowest BCUT2D eigenvalue weighted by Crippen LogP contribution is -2.23. The molecule has 0 spiro atoms. The summed E-state index contributed by atoms with van der Waals surface area (Å²) in [7, 11) is 1.66. The van der Waals surface area contributed by atoms with Crippen molar-refractivity contribution in [3.63, 3.8) is 0 Å².